The number of amides is 1. The van der Waals surface area contributed by atoms with E-state index >= 15 is 0 Å². The first-order valence-corrected chi connectivity index (χ1v) is 7.53. The lowest BCUT2D eigenvalue weighted by molar-refractivity contribution is -0.124. The lowest BCUT2D eigenvalue weighted by Gasteiger charge is -2.14. The van der Waals surface area contributed by atoms with Crippen molar-refractivity contribution >= 4 is 15.9 Å². The molecule has 0 unspecified atom stereocenters. The van der Waals surface area contributed by atoms with Gasteiger partial charge in [-0.3, -0.25) is 10.2 Å². The molecule has 0 spiro atoms. The molecule has 19 heavy (non-hydrogen) atoms. The smallest absolute Gasteiger partial charge is 0.257 e. The van der Waals surface area contributed by atoms with Crippen LogP contribution in [0.2, 0.25) is 0 Å². The molecule has 1 rings (SSSR count). The number of benzene rings is 1. The third-order valence-corrected chi connectivity index (χ3v) is 4.26. The van der Waals surface area contributed by atoms with Crippen LogP contribution in [0.1, 0.15) is 30.5 Å². The standard InChI is InChI=1S/C13H20N2O3S/c1-8(2)13(16)14-15-19(17,18)12-10(4)6-9(3)7-11(12)5/h6-8,15H,1-5H3,(H,14,16). The van der Waals surface area contributed by atoms with Crippen LogP contribution in [0.3, 0.4) is 0 Å². The van der Waals surface area contributed by atoms with Gasteiger partial charge >= 0.3 is 0 Å². The summed E-state index contributed by atoms with van der Waals surface area (Å²) >= 11 is 0. The Kier molecular flexibility index (Phi) is 4.70. The lowest BCUT2D eigenvalue weighted by Crippen LogP contribution is -2.43. The molecule has 106 valence electrons. The predicted octanol–water partition coefficient (Wildman–Crippen LogP) is 1.58. The number of hydrogen-bond donors (Lipinski definition) is 2. The quantitative estimate of drug-likeness (QED) is 0.824. The zero-order valence-corrected chi connectivity index (χ0v) is 12.7. The molecule has 6 heteroatoms. The maximum atomic E-state index is 12.2. The van der Waals surface area contributed by atoms with E-state index in [4.69, 9.17) is 0 Å². The number of aryl methyl sites for hydroxylation is 3. The van der Waals surface area contributed by atoms with Crippen LogP contribution in [0.15, 0.2) is 17.0 Å². The summed E-state index contributed by atoms with van der Waals surface area (Å²) in [5, 5.41) is 0. The molecule has 0 bridgehead atoms. The number of sulfonamides is 1. The molecule has 0 aromatic heterocycles. The molecule has 1 aromatic carbocycles. The first-order chi connectivity index (χ1) is 8.65. The van der Waals surface area contributed by atoms with Crippen molar-refractivity contribution in [3.05, 3.63) is 28.8 Å². The first kappa shape index (κ1) is 15.7. The number of rotatable bonds is 4. The van der Waals surface area contributed by atoms with Gasteiger partial charge in [-0.25, -0.2) is 8.42 Å². The third-order valence-electron chi connectivity index (χ3n) is 2.71. The summed E-state index contributed by atoms with van der Waals surface area (Å²) in [6.45, 7) is 8.75. The summed E-state index contributed by atoms with van der Waals surface area (Å²) in [6.07, 6.45) is 0. The van der Waals surface area contributed by atoms with Crippen molar-refractivity contribution in [2.45, 2.75) is 39.5 Å². The van der Waals surface area contributed by atoms with E-state index in [2.05, 4.69) is 10.3 Å². The molecule has 1 amide bonds. The van der Waals surface area contributed by atoms with Gasteiger partial charge in [0.05, 0.1) is 4.90 Å². The normalized spacial score (nSPS) is 11.7. The van der Waals surface area contributed by atoms with Crippen LogP contribution < -0.4 is 10.3 Å². The van der Waals surface area contributed by atoms with Gasteiger partial charge in [0.1, 0.15) is 0 Å². The first-order valence-electron chi connectivity index (χ1n) is 6.04. The second kappa shape index (κ2) is 5.71. The van der Waals surface area contributed by atoms with Crippen molar-refractivity contribution in [1.29, 1.82) is 0 Å². The highest BCUT2D eigenvalue weighted by Gasteiger charge is 2.20. The van der Waals surface area contributed by atoms with Crippen LogP contribution in [-0.2, 0) is 14.8 Å². The Morgan fingerprint density at radius 2 is 1.58 bits per heavy atom. The average molecular weight is 284 g/mol. The molecule has 0 fully saturated rings. The van der Waals surface area contributed by atoms with Gasteiger partial charge < -0.3 is 0 Å². The Bertz CT molecular complexity index is 569. The van der Waals surface area contributed by atoms with Crippen LogP contribution in [0, 0.1) is 26.7 Å². The fourth-order valence-electron chi connectivity index (χ4n) is 1.90. The molecule has 0 saturated carbocycles. The minimum Gasteiger partial charge on any atom is -0.277 e. The third kappa shape index (κ3) is 3.78. The van der Waals surface area contributed by atoms with Gasteiger partial charge in [-0.05, 0) is 31.9 Å². The SMILES string of the molecule is Cc1cc(C)c(S(=O)(=O)NNC(=O)C(C)C)c(C)c1. The maximum Gasteiger partial charge on any atom is 0.257 e. The largest absolute Gasteiger partial charge is 0.277 e. The van der Waals surface area contributed by atoms with Gasteiger partial charge in [-0.2, -0.15) is 0 Å². The van der Waals surface area contributed by atoms with E-state index < -0.39 is 10.0 Å². The second-order valence-electron chi connectivity index (χ2n) is 4.98. The van der Waals surface area contributed by atoms with Gasteiger partial charge in [0.25, 0.3) is 10.0 Å². The summed E-state index contributed by atoms with van der Waals surface area (Å²) in [7, 11) is -3.75. The number of nitrogens with one attached hydrogen (secondary N) is 2. The number of hydrazine groups is 1. The molecule has 2 N–H and O–H groups in total. The fourth-order valence-corrected chi connectivity index (χ4v) is 3.21. The highest BCUT2D eigenvalue weighted by molar-refractivity contribution is 7.89. The minimum absolute atomic E-state index is 0.210. The molecule has 1 aromatic rings. The monoisotopic (exact) mass is 284 g/mol. The van der Waals surface area contributed by atoms with Gasteiger partial charge in [0.15, 0.2) is 0 Å². The van der Waals surface area contributed by atoms with Gasteiger partial charge in [-0.15, -0.1) is 4.83 Å². The van der Waals surface area contributed by atoms with Crippen molar-refractivity contribution in [3.8, 4) is 0 Å². The summed E-state index contributed by atoms with van der Waals surface area (Å²) in [6, 6.07) is 3.59. The Labute approximate surface area is 114 Å². The van der Waals surface area contributed by atoms with Crippen molar-refractivity contribution in [1.82, 2.24) is 10.3 Å². The predicted molar refractivity (Wildman–Crippen MR) is 74.0 cm³/mol. The van der Waals surface area contributed by atoms with Crippen LogP contribution in [0.4, 0.5) is 0 Å². The van der Waals surface area contributed by atoms with Crippen molar-refractivity contribution in [3.63, 3.8) is 0 Å². The zero-order valence-electron chi connectivity index (χ0n) is 11.9. The Morgan fingerprint density at radius 1 is 1.11 bits per heavy atom. The number of hydrogen-bond acceptors (Lipinski definition) is 3. The molecule has 0 atom stereocenters. The Hall–Kier alpha value is -1.40. The van der Waals surface area contributed by atoms with Crippen LogP contribution in [0.5, 0.6) is 0 Å². The summed E-state index contributed by atoms with van der Waals surface area (Å²) in [5.41, 5.74) is 4.53. The van der Waals surface area contributed by atoms with E-state index in [-0.39, 0.29) is 16.7 Å². The molecule has 0 aliphatic rings. The van der Waals surface area contributed by atoms with Crippen molar-refractivity contribution in [2.24, 2.45) is 5.92 Å². The maximum absolute atomic E-state index is 12.2. The molecule has 0 saturated heterocycles. The topological polar surface area (TPSA) is 75.3 Å². The lowest BCUT2D eigenvalue weighted by atomic mass is 10.1. The van der Waals surface area contributed by atoms with Crippen LogP contribution in [0.25, 0.3) is 0 Å². The Balaban J connectivity index is 3.05. The number of carbonyl (C=O) groups excluding carboxylic acids is 1. The van der Waals surface area contributed by atoms with E-state index in [0.29, 0.717) is 11.1 Å². The van der Waals surface area contributed by atoms with E-state index in [0.717, 1.165) is 5.56 Å². The average Bonchev–Trinajstić information content (AvgIpc) is 2.23. The van der Waals surface area contributed by atoms with Crippen LogP contribution >= 0.6 is 0 Å². The van der Waals surface area contributed by atoms with Crippen molar-refractivity contribution in [2.75, 3.05) is 0 Å². The molecule has 0 heterocycles. The van der Waals surface area contributed by atoms with Gasteiger partial charge in [-0.1, -0.05) is 31.5 Å². The van der Waals surface area contributed by atoms with Gasteiger partial charge in [0.2, 0.25) is 5.91 Å². The highest BCUT2D eigenvalue weighted by atomic mass is 32.2. The Morgan fingerprint density at radius 3 is 2.00 bits per heavy atom. The van der Waals surface area contributed by atoms with E-state index in [1.807, 2.05) is 6.92 Å². The molecular weight excluding hydrogens is 264 g/mol. The molecule has 0 aliphatic heterocycles. The number of carbonyl (C=O) groups is 1. The van der Waals surface area contributed by atoms with E-state index in [9.17, 15) is 13.2 Å². The molecule has 0 radical (unpaired) electrons. The minimum atomic E-state index is -3.75. The summed E-state index contributed by atoms with van der Waals surface area (Å²) in [5.74, 6) is -0.658. The summed E-state index contributed by atoms with van der Waals surface area (Å²) < 4.78 is 24.4. The van der Waals surface area contributed by atoms with Crippen molar-refractivity contribution < 1.29 is 13.2 Å². The second-order valence-corrected chi connectivity index (χ2v) is 6.60. The van der Waals surface area contributed by atoms with E-state index in [1.165, 1.54) is 0 Å². The zero-order chi connectivity index (χ0) is 14.8. The van der Waals surface area contributed by atoms with Crippen LogP contribution in [-0.4, -0.2) is 14.3 Å². The van der Waals surface area contributed by atoms with Gasteiger partial charge in [0, 0.05) is 5.92 Å². The molecule has 0 aliphatic carbocycles. The molecule has 5 nitrogen and oxygen atoms in total. The molecular formula is C13H20N2O3S. The summed E-state index contributed by atoms with van der Waals surface area (Å²) in [4.78, 5) is 13.7. The fraction of sp³-hybridized carbons (Fsp3) is 0.462. The highest BCUT2D eigenvalue weighted by Crippen LogP contribution is 2.21. The van der Waals surface area contributed by atoms with E-state index in [1.54, 1.807) is 39.8 Å².